The third-order valence-corrected chi connectivity index (χ3v) is 9.22. The average Bonchev–Trinajstić information content (AvgIpc) is 3.42. The molecule has 1 saturated heterocycles. The number of nitrogens with zero attached hydrogens (tertiary/aromatic N) is 3. The highest BCUT2D eigenvalue weighted by Gasteiger charge is 2.31. The summed E-state index contributed by atoms with van der Waals surface area (Å²) in [7, 11) is -3.98. The third-order valence-electron chi connectivity index (χ3n) is 7.07. The number of carbonyl (C=O) groups excluding carboxylic acids is 1. The molecule has 40 heavy (non-hydrogen) atoms. The highest BCUT2D eigenvalue weighted by molar-refractivity contribution is 7.89. The Bertz CT molecular complexity index is 1350. The van der Waals surface area contributed by atoms with Gasteiger partial charge in [0.15, 0.2) is 0 Å². The number of hydrogen-bond acceptors (Lipinski definition) is 6. The van der Waals surface area contributed by atoms with Crippen LogP contribution in [0, 0.1) is 26.6 Å². The van der Waals surface area contributed by atoms with E-state index in [1.807, 2.05) is 19.1 Å². The van der Waals surface area contributed by atoms with Gasteiger partial charge in [0.25, 0.3) is 0 Å². The fourth-order valence-corrected chi connectivity index (χ4v) is 7.01. The first-order valence-corrected chi connectivity index (χ1v) is 15.0. The van der Waals surface area contributed by atoms with E-state index < -0.39 is 10.0 Å². The summed E-state index contributed by atoms with van der Waals surface area (Å²) in [5.74, 6) is -0.158. The van der Waals surface area contributed by atoms with Crippen LogP contribution in [0.1, 0.15) is 34.4 Å². The molecule has 0 saturated carbocycles. The van der Waals surface area contributed by atoms with Gasteiger partial charge in [-0.15, -0.1) is 0 Å². The number of rotatable bonds is 12. The van der Waals surface area contributed by atoms with E-state index in [-0.39, 0.29) is 42.8 Å². The number of furan rings is 1. The minimum atomic E-state index is -3.98. The Morgan fingerprint density at radius 1 is 1.00 bits per heavy atom. The minimum absolute atomic E-state index is 0.160. The molecule has 10 heteroatoms. The molecule has 0 N–H and O–H groups in total. The number of hydrogen-bond donors (Lipinski definition) is 0. The molecule has 4 rings (SSSR count). The predicted molar refractivity (Wildman–Crippen MR) is 151 cm³/mol. The lowest BCUT2D eigenvalue weighted by atomic mass is 10.1. The standard InChI is InChI=1S/C30H38FN3O5S/c1-23-18-24(2)30(25(3)19-23)40(36,37)34(12-5-11-32-13-16-38-17-14-32)22-29(35)33(21-28-6-4-15-39-28)20-26-7-9-27(31)10-8-26/h4,6-10,15,18-19H,5,11-14,16-17,20-22H2,1-3H3. The first kappa shape index (κ1) is 29.9. The van der Waals surface area contributed by atoms with Crippen molar-refractivity contribution >= 4 is 15.9 Å². The minimum Gasteiger partial charge on any atom is -0.467 e. The van der Waals surface area contributed by atoms with Crippen molar-refractivity contribution in [1.29, 1.82) is 0 Å². The summed E-state index contributed by atoms with van der Waals surface area (Å²) in [5, 5.41) is 0. The molecule has 0 atom stereocenters. The Morgan fingerprint density at radius 2 is 1.68 bits per heavy atom. The van der Waals surface area contributed by atoms with Gasteiger partial charge >= 0.3 is 0 Å². The van der Waals surface area contributed by atoms with Crippen LogP contribution in [0.3, 0.4) is 0 Å². The number of benzene rings is 2. The highest BCUT2D eigenvalue weighted by Crippen LogP contribution is 2.26. The maximum Gasteiger partial charge on any atom is 0.244 e. The van der Waals surface area contributed by atoms with Crippen molar-refractivity contribution in [2.24, 2.45) is 0 Å². The SMILES string of the molecule is Cc1cc(C)c(S(=O)(=O)N(CCCN2CCOCC2)CC(=O)N(Cc2ccc(F)cc2)Cc2ccco2)c(C)c1. The molecule has 0 spiro atoms. The molecule has 0 radical (unpaired) electrons. The smallest absolute Gasteiger partial charge is 0.244 e. The second-order valence-electron chi connectivity index (χ2n) is 10.3. The summed E-state index contributed by atoms with van der Waals surface area (Å²) < 4.78 is 53.9. The van der Waals surface area contributed by atoms with Crippen molar-refractivity contribution in [3.8, 4) is 0 Å². The summed E-state index contributed by atoms with van der Waals surface area (Å²) >= 11 is 0. The maximum absolute atomic E-state index is 14.1. The molecular weight excluding hydrogens is 533 g/mol. The lowest BCUT2D eigenvalue weighted by molar-refractivity contribution is -0.133. The van der Waals surface area contributed by atoms with Gasteiger partial charge in [-0.2, -0.15) is 4.31 Å². The summed E-state index contributed by atoms with van der Waals surface area (Å²) in [6.45, 7) is 9.37. The molecule has 216 valence electrons. The van der Waals surface area contributed by atoms with E-state index >= 15 is 0 Å². The number of carbonyl (C=O) groups is 1. The van der Waals surface area contributed by atoms with Crippen molar-refractivity contribution in [2.45, 2.75) is 45.2 Å². The first-order chi connectivity index (χ1) is 19.1. The predicted octanol–water partition coefficient (Wildman–Crippen LogP) is 4.29. The maximum atomic E-state index is 14.1. The lowest BCUT2D eigenvalue weighted by Gasteiger charge is -2.30. The van der Waals surface area contributed by atoms with Crippen molar-refractivity contribution in [3.05, 3.63) is 88.6 Å². The third kappa shape index (κ3) is 7.78. The van der Waals surface area contributed by atoms with E-state index in [4.69, 9.17) is 9.15 Å². The molecule has 1 aromatic heterocycles. The topological polar surface area (TPSA) is 83.3 Å². The van der Waals surface area contributed by atoms with Gasteiger partial charge in [0.1, 0.15) is 11.6 Å². The molecule has 0 bridgehead atoms. The number of ether oxygens (including phenoxy) is 1. The molecular formula is C30H38FN3O5S. The van der Waals surface area contributed by atoms with E-state index in [1.54, 1.807) is 43.0 Å². The van der Waals surface area contributed by atoms with Gasteiger partial charge in [-0.25, -0.2) is 12.8 Å². The Hall–Kier alpha value is -3.05. The fraction of sp³-hybridized carbons (Fsp3) is 0.433. The van der Waals surface area contributed by atoms with Crippen LogP contribution in [0.25, 0.3) is 0 Å². The summed E-state index contributed by atoms with van der Waals surface area (Å²) in [4.78, 5) is 17.8. The van der Waals surface area contributed by atoms with Crippen molar-refractivity contribution in [3.63, 3.8) is 0 Å². The molecule has 1 amide bonds. The average molecular weight is 572 g/mol. The molecule has 0 aliphatic carbocycles. The van der Waals surface area contributed by atoms with E-state index in [1.165, 1.54) is 22.7 Å². The van der Waals surface area contributed by atoms with Crippen molar-refractivity contribution in [1.82, 2.24) is 14.1 Å². The zero-order valence-electron chi connectivity index (χ0n) is 23.4. The van der Waals surface area contributed by atoms with Gasteiger partial charge in [0.05, 0.1) is 37.5 Å². The summed E-state index contributed by atoms with van der Waals surface area (Å²) in [6, 6.07) is 13.1. The molecule has 1 fully saturated rings. The molecule has 1 aliphatic heterocycles. The van der Waals surface area contributed by atoms with Gasteiger partial charge in [-0.1, -0.05) is 29.8 Å². The molecule has 8 nitrogen and oxygen atoms in total. The number of sulfonamides is 1. The Kier molecular flexibility index (Phi) is 10.1. The number of halogens is 1. The Morgan fingerprint density at radius 3 is 2.30 bits per heavy atom. The van der Waals surface area contributed by atoms with Crippen LogP contribution in [0.15, 0.2) is 64.1 Å². The fourth-order valence-electron chi connectivity index (χ4n) is 5.17. The molecule has 2 aromatic carbocycles. The summed E-state index contributed by atoms with van der Waals surface area (Å²) in [5.41, 5.74) is 3.02. The molecule has 1 aliphatic rings. The van der Waals surface area contributed by atoms with Crippen molar-refractivity contribution < 1.29 is 26.8 Å². The zero-order valence-corrected chi connectivity index (χ0v) is 24.3. The van der Waals surface area contributed by atoms with Crippen LogP contribution >= 0.6 is 0 Å². The van der Waals surface area contributed by atoms with E-state index in [9.17, 15) is 17.6 Å². The van der Waals surface area contributed by atoms with Crippen molar-refractivity contribution in [2.75, 3.05) is 45.9 Å². The normalized spacial score (nSPS) is 14.5. The number of morpholine rings is 1. The van der Waals surface area contributed by atoms with Crippen LogP contribution in [0.5, 0.6) is 0 Å². The van der Waals surface area contributed by atoms with Crippen LogP contribution in [0.2, 0.25) is 0 Å². The van der Waals surface area contributed by atoms with Crippen LogP contribution in [0.4, 0.5) is 4.39 Å². The van der Waals surface area contributed by atoms with Gasteiger partial charge in [0, 0.05) is 26.2 Å². The quantitative estimate of drug-likeness (QED) is 0.323. The van der Waals surface area contributed by atoms with Crippen LogP contribution < -0.4 is 0 Å². The second-order valence-corrected chi connectivity index (χ2v) is 12.2. The Labute approximate surface area is 236 Å². The van der Waals surface area contributed by atoms with Crippen LogP contribution in [-0.2, 0) is 32.6 Å². The largest absolute Gasteiger partial charge is 0.467 e. The highest BCUT2D eigenvalue weighted by atomic mass is 32.2. The van der Waals surface area contributed by atoms with Gasteiger partial charge in [0.2, 0.25) is 15.9 Å². The lowest BCUT2D eigenvalue weighted by Crippen LogP contribution is -2.44. The number of aryl methyl sites for hydroxylation is 3. The monoisotopic (exact) mass is 571 g/mol. The van der Waals surface area contributed by atoms with E-state index in [0.717, 1.165) is 24.2 Å². The Balaban J connectivity index is 1.59. The molecule has 0 unspecified atom stereocenters. The zero-order chi connectivity index (χ0) is 28.7. The van der Waals surface area contributed by atoms with Gasteiger partial charge in [-0.05, 0) is 74.7 Å². The first-order valence-electron chi connectivity index (χ1n) is 13.6. The van der Waals surface area contributed by atoms with E-state index in [0.29, 0.717) is 43.1 Å². The number of amides is 1. The van der Waals surface area contributed by atoms with Gasteiger partial charge in [-0.3, -0.25) is 9.69 Å². The second kappa shape index (κ2) is 13.5. The van der Waals surface area contributed by atoms with Crippen LogP contribution in [-0.4, -0.2) is 74.4 Å². The van der Waals surface area contributed by atoms with E-state index in [2.05, 4.69) is 4.90 Å². The molecule has 2 heterocycles. The van der Waals surface area contributed by atoms with Gasteiger partial charge < -0.3 is 14.1 Å². The summed E-state index contributed by atoms with van der Waals surface area (Å²) in [6.07, 6.45) is 2.10. The molecule has 3 aromatic rings.